The Bertz CT molecular complexity index is 1670. The molecule has 5 aromatic rings. The van der Waals surface area contributed by atoms with Crippen LogP contribution in [0.2, 0.25) is 0 Å². The SMILES string of the molecule is O=C(Nc1ccc(F)cc1)c1ccc(CS(=O)(=O)c2nnc(Oc3ccc(Oc4ccccc4)cc3)s2)cc1. The van der Waals surface area contributed by atoms with Crippen LogP contribution in [0, 0.1) is 5.82 Å². The largest absolute Gasteiger partial charge is 0.457 e. The highest BCUT2D eigenvalue weighted by Crippen LogP contribution is 2.30. The van der Waals surface area contributed by atoms with Gasteiger partial charge in [-0.2, -0.15) is 0 Å². The van der Waals surface area contributed by atoms with Crippen molar-refractivity contribution >= 4 is 32.8 Å². The Balaban J connectivity index is 1.19. The van der Waals surface area contributed by atoms with Crippen LogP contribution >= 0.6 is 11.3 Å². The zero-order valence-electron chi connectivity index (χ0n) is 20.2. The Morgan fingerprint density at radius 3 is 2.05 bits per heavy atom. The van der Waals surface area contributed by atoms with Gasteiger partial charge < -0.3 is 14.8 Å². The molecule has 0 fully saturated rings. The molecule has 8 nitrogen and oxygen atoms in total. The van der Waals surface area contributed by atoms with E-state index in [1.54, 1.807) is 36.4 Å². The summed E-state index contributed by atoms with van der Waals surface area (Å²) in [4.78, 5) is 12.4. The summed E-state index contributed by atoms with van der Waals surface area (Å²) in [5, 5.41) is 10.4. The minimum atomic E-state index is -3.80. The summed E-state index contributed by atoms with van der Waals surface area (Å²) in [5.41, 5.74) is 1.24. The van der Waals surface area contributed by atoms with Gasteiger partial charge in [-0.25, -0.2) is 12.8 Å². The first-order chi connectivity index (χ1) is 18.8. The van der Waals surface area contributed by atoms with Gasteiger partial charge in [-0.15, -0.1) is 5.10 Å². The van der Waals surface area contributed by atoms with Crippen molar-refractivity contribution < 1.29 is 27.1 Å². The number of nitrogens with one attached hydrogen (secondary N) is 1. The molecule has 196 valence electrons. The van der Waals surface area contributed by atoms with Crippen molar-refractivity contribution in [2.45, 2.75) is 10.1 Å². The van der Waals surface area contributed by atoms with E-state index in [4.69, 9.17) is 9.47 Å². The van der Waals surface area contributed by atoms with E-state index < -0.39 is 21.6 Å². The van der Waals surface area contributed by atoms with Gasteiger partial charge in [-0.1, -0.05) is 35.4 Å². The number of hydrogen-bond acceptors (Lipinski definition) is 8. The minimum Gasteiger partial charge on any atom is -0.457 e. The number of hydrogen-bond donors (Lipinski definition) is 1. The molecule has 0 aliphatic heterocycles. The summed E-state index contributed by atoms with van der Waals surface area (Å²) >= 11 is 0.817. The molecule has 0 bridgehead atoms. The lowest BCUT2D eigenvalue weighted by molar-refractivity contribution is 0.102. The lowest BCUT2D eigenvalue weighted by Gasteiger charge is -2.06. The van der Waals surface area contributed by atoms with Crippen molar-refractivity contribution in [3.05, 3.63) is 120 Å². The molecule has 4 aromatic carbocycles. The fourth-order valence-electron chi connectivity index (χ4n) is 3.44. The summed E-state index contributed by atoms with van der Waals surface area (Å²) in [6.07, 6.45) is 0. The van der Waals surface area contributed by atoms with Crippen LogP contribution < -0.4 is 14.8 Å². The second-order valence-corrected chi connectivity index (χ2v) is 11.3. The normalized spacial score (nSPS) is 11.1. The Morgan fingerprint density at radius 1 is 0.769 bits per heavy atom. The number of rotatable bonds is 9. The fraction of sp³-hybridized carbons (Fsp3) is 0.0357. The topological polar surface area (TPSA) is 107 Å². The average molecular weight is 562 g/mol. The van der Waals surface area contributed by atoms with E-state index in [0.29, 0.717) is 34.1 Å². The maximum atomic E-state index is 13.0. The first-order valence-corrected chi connectivity index (χ1v) is 14.0. The van der Waals surface area contributed by atoms with Crippen LogP contribution in [0.3, 0.4) is 0 Å². The van der Waals surface area contributed by atoms with Gasteiger partial charge in [0.05, 0.1) is 5.75 Å². The Labute approximate surface area is 227 Å². The summed E-state index contributed by atoms with van der Waals surface area (Å²) in [6.45, 7) is 0. The molecule has 1 heterocycles. The molecular weight excluding hydrogens is 541 g/mol. The first kappa shape index (κ1) is 26.0. The highest BCUT2D eigenvalue weighted by Gasteiger charge is 2.22. The molecule has 0 saturated carbocycles. The van der Waals surface area contributed by atoms with E-state index in [9.17, 15) is 17.6 Å². The zero-order valence-corrected chi connectivity index (χ0v) is 21.8. The van der Waals surface area contributed by atoms with Crippen molar-refractivity contribution in [1.29, 1.82) is 0 Å². The molecule has 0 aliphatic carbocycles. The standard InChI is InChI=1S/C28H20FN3O5S2/c29-21-10-12-22(13-11-21)30-26(33)20-8-6-19(7-9-20)18-39(34,35)28-32-31-27(38-28)37-25-16-14-24(15-17-25)36-23-4-2-1-3-5-23/h1-17H,18H2,(H,30,33). The van der Waals surface area contributed by atoms with E-state index in [0.717, 1.165) is 11.3 Å². The maximum Gasteiger partial charge on any atom is 0.300 e. The van der Waals surface area contributed by atoms with E-state index in [-0.39, 0.29) is 15.3 Å². The smallest absolute Gasteiger partial charge is 0.300 e. The number of amides is 1. The van der Waals surface area contributed by atoms with Crippen molar-refractivity contribution in [2.24, 2.45) is 0 Å². The summed E-state index contributed by atoms with van der Waals surface area (Å²) in [5.74, 6) is 0.635. The molecule has 0 aliphatic rings. The van der Waals surface area contributed by atoms with Gasteiger partial charge in [0.2, 0.25) is 14.2 Å². The number of anilines is 1. The van der Waals surface area contributed by atoms with Crippen LogP contribution in [-0.4, -0.2) is 24.5 Å². The molecule has 0 spiro atoms. The van der Waals surface area contributed by atoms with Crippen molar-refractivity contribution in [3.8, 4) is 22.4 Å². The average Bonchev–Trinajstić information content (AvgIpc) is 3.42. The van der Waals surface area contributed by atoms with Crippen LogP contribution in [0.5, 0.6) is 22.4 Å². The molecule has 0 saturated heterocycles. The number of aromatic nitrogens is 2. The third kappa shape index (κ3) is 6.83. The van der Waals surface area contributed by atoms with Crippen LogP contribution in [-0.2, 0) is 15.6 Å². The highest BCUT2D eigenvalue weighted by atomic mass is 32.2. The number of nitrogens with zero attached hydrogens (tertiary/aromatic N) is 2. The monoisotopic (exact) mass is 561 g/mol. The molecule has 1 amide bonds. The molecule has 39 heavy (non-hydrogen) atoms. The third-order valence-corrected chi connectivity index (χ3v) is 8.27. The number of halogens is 1. The van der Waals surface area contributed by atoms with Gasteiger partial charge in [0.15, 0.2) is 0 Å². The maximum absolute atomic E-state index is 13.0. The minimum absolute atomic E-state index is 0.0816. The van der Waals surface area contributed by atoms with Gasteiger partial charge in [0.1, 0.15) is 23.1 Å². The molecule has 1 aromatic heterocycles. The molecule has 1 N–H and O–H groups in total. The summed E-state index contributed by atoms with van der Waals surface area (Å²) < 4.78 is 50.1. The van der Waals surface area contributed by atoms with Gasteiger partial charge in [0.25, 0.3) is 5.91 Å². The van der Waals surface area contributed by atoms with Crippen LogP contribution in [0.1, 0.15) is 15.9 Å². The van der Waals surface area contributed by atoms with Gasteiger partial charge >= 0.3 is 5.19 Å². The number of ether oxygens (including phenoxy) is 2. The Hall–Kier alpha value is -4.61. The highest BCUT2D eigenvalue weighted by molar-refractivity contribution is 7.92. The van der Waals surface area contributed by atoms with Crippen molar-refractivity contribution in [2.75, 3.05) is 5.32 Å². The number of carbonyl (C=O) groups excluding carboxylic acids is 1. The predicted molar refractivity (Wildman–Crippen MR) is 145 cm³/mol. The molecule has 0 unspecified atom stereocenters. The first-order valence-electron chi connectivity index (χ1n) is 11.6. The summed E-state index contributed by atoms with van der Waals surface area (Å²) in [6, 6.07) is 27.7. The van der Waals surface area contributed by atoms with E-state index in [2.05, 4.69) is 15.5 Å². The van der Waals surface area contributed by atoms with Crippen LogP contribution in [0.25, 0.3) is 0 Å². The zero-order chi connectivity index (χ0) is 27.2. The van der Waals surface area contributed by atoms with Crippen molar-refractivity contribution in [3.63, 3.8) is 0 Å². The van der Waals surface area contributed by atoms with Gasteiger partial charge in [-0.05, 0) is 89.7 Å². The van der Waals surface area contributed by atoms with Crippen molar-refractivity contribution in [1.82, 2.24) is 10.2 Å². The Kier molecular flexibility index (Phi) is 7.62. The van der Waals surface area contributed by atoms with Gasteiger partial charge in [-0.3, -0.25) is 4.79 Å². The molecule has 11 heteroatoms. The van der Waals surface area contributed by atoms with Gasteiger partial charge in [0, 0.05) is 11.3 Å². The van der Waals surface area contributed by atoms with E-state index in [1.165, 1.54) is 36.4 Å². The fourth-order valence-corrected chi connectivity index (χ4v) is 5.70. The second-order valence-electron chi connectivity index (χ2n) is 8.24. The second kappa shape index (κ2) is 11.4. The third-order valence-electron chi connectivity index (χ3n) is 5.34. The van der Waals surface area contributed by atoms with Crippen LogP contribution in [0.4, 0.5) is 10.1 Å². The van der Waals surface area contributed by atoms with Crippen LogP contribution in [0.15, 0.2) is 107 Å². The van der Waals surface area contributed by atoms with E-state index >= 15 is 0 Å². The predicted octanol–water partition coefficient (Wildman–Crippen LogP) is 6.49. The number of para-hydroxylation sites is 1. The Morgan fingerprint density at radius 2 is 1.38 bits per heavy atom. The lowest BCUT2D eigenvalue weighted by Crippen LogP contribution is -2.12. The molecular formula is C28H20FN3O5S2. The number of benzene rings is 4. The number of carbonyl (C=O) groups is 1. The van der Waals surface area contributed by atoms with E-state index in [1.807, 2.05) is 30.3 Å². The molecule has 5 rings (SSSR count). The lowest BCUT2D eigenvalue weighted by atomic mass is 10.1. The number of sulfone groups is 1. The molecule has 0 atom stereocenters. The molecule has 0 radical (unpaired) electrons. The quantitative estimate of drug-likeness (QED) is 0.219. The summed E-state index contributed by atoms with van der Waals surface area (Å²) in [7, 11) is -3.80.